The number of hydrogen-bond donors (Lipinski definition) is 0. The standard InChI is InChI=1S/C19H17Cl2NO/c1-3-14-5-4-6-15-16(12(2)23)11-22(19(14)15)10-13-7-8-17(20)18(21)9-13/h4-9,11H,3,10H2,1-2H3. The lowest BCUT2D eigenvalue weighted by Gasteiger charge is -2.09. The maximum Gasteiger partial charge on any atom is 0.161 e. The van der Waals surface area contributed by atoms with Crippen molar-refractivity contribution in [3.05, 3.63) is 69.3 Å². The van der Waals surface area contributed by atoms with E-state index >= 15 is 0 Å². The Hall–Kier alpha value is -1.77. The summed E-state index contributed by atoms with van der Waals surface area (Å²) in [6, 6.07) is 11.8. The molecule has 0 atom stereocenters. The van der Waals surface area contributed by atoms with E-state index in [1.807, 2.05) is 30.5 Å². The molecule has 0 radical (unpaired) electrons. The van der Waals surface area contributed by atoms with Crippen molar-refractivity contribution in [2.24, 2.45) is 0 Å². The van der Waals surface area contributed by atoms with Gasteiger partial charge in [-0.25, -0.2) is 0 Å². The van der Waals surface area contributed by atoms with Crippen LogP contribution >= 0.6 is 23.2 Å². The molecule has 23 heavy (non-hydrogen) atoms. The highest BCUT2D eigenvalue weighted by Crippen LogP contribution is 2.28. The summed E-state index contributed by atoms with van der Waals surface area (Å²) in [4.78, 5) is 12.0. The number of Topliss-reactive ketones (excluding diaryl/α,β-unsaturated/α-hetero) is 1. The molecule has 0 unspecified atom stereocenters. The number of hydrogen-bond acceptors (Lipinski definition) is 1. The summed E-state index contributed by atoms with van der Waals surface area (Å²) in [5.74, 6) is 0.0798. The first kappa shape index (κ1) is 16.1. The number of carbonyl (C=O) groups excluding carboxylic acids is 1. The predicted octanol–water partition coefficient (Wildman–Crippen LogP) is 5.76. The zero-order valence-electron chi connectivity index (χ0n) is 13.1. The zero-order chi connectivity index (χ0) is 16.6. The van der Waals surface area contributed by atoms with Gasteiger partial charge in [0.25, 0.3) is 0 Å². The maximum absolute atomic E-state index is 12.0. The van der Waals surface area contributed by atoms with Gasteiger partial charge in [-0.15, -0.1) is 0 Å². The monoisotopic (exact) mass is 345 g/mol. The van der Waals surface area contributed by atoms with Gasteiger partial charge in [0.1, 0.15) is 0 Å². The van der Waals surface area contributed by atoms with E-state index in [1.165, 1.54) is 5.56 Å². The molecule has 0 amide bonds. The Kier molecular flexibility index (Phi) is 4.47. The number of carbonyl (C=O) groups is 1. The molecule has 4 heteroatoms. The van der Waals surface area contributed by atoms with Crippen molar-refractivity contribution in [3.8, 4) is 0 Å². The first-order chi connectivity index (χ1) is 11.0. The second-order valence-electron chi connectivity index (χ2n) is 5.64. The Labute approximate surface area is 145 Å². The van der Waals surface area contributed by atoms with Crippen LogP contribution < -0.4 is 0 Å². The molecular formula is C19H17Cl2NO. The Morgan fingerprint density at radius 1 is 1.13 bits per heavy atom. The number of aryl methyl sites for hydroxylation is 1. The Morgan fingerprint density at radius 2 is 1.91 bits per heavy atom. The number of rotatable bonds is 4. The second-order valence-corrected chi connectivity index (χ2v) is 6.46. The molecule has 1 heterocycles. The van der Waals surface area contributed by atoms with Crippen LogP contribution in [-0.4, -0.2) is 10.4 Å². The van der Waals surface area contributed by atoms with E-state index in [4.69, 9.17) is 23.2 Å². The molecule has 2 nitrogen and oxygen atoms in total. The molecular weight excluding hydrogens is 329 g/mol. The lowest BCUT2D eigenvalue weighted by atomic mass is 10.1. The van der Waals surface area contributed by atoms with Crippen LogP contribution in [0.15, 0.2) is 42.6 Å². The largest absolute Gasteiger partial charge is 0.342 e. The van der Waals surface area contributed by atoms with Crippen molar-refractivity contribution in [2.75, 3.05) is 0 Å². The molecule has 0 saturated heterocycles. The van der Waals surface area contributed by atoms with E-state index in [1.54, 1.807) is 13.0 Å². The van der Waals surface area contributed by atoms with Gasteiger partial charge in [-0.05, 0) is 36.6 Å². The van der Waals surface area contributed by atoms with Gasteiger partial charge in [0.05, 0.1) is 15.6 Å². The molecule has 0 bridgehead atoms. The summed E-state index contributed by atoms with van der Waals surface area (Å²) in [5, 5.41) is 2.10. The van der Waals surface area contributed by atoms with Gasteiger partial charge in [-0.3, -0.25) is 4.79 Å². The highest BCUT2D eigenvalue weighted by Gasteiger charge is 2.14. The zero-order valence-corrected chi connectivity index (χ0v) is 14.6. The highest BCUT2D eigenvalue weighted by molar-refractivity contribution is 6.42. The summed E-state index contributed by atoms with van der Waals surface area (Å²) < 4.78 is 2.13. The first-order valence-electron chi connectivity index (χ1n) is 7.57. The third-order valence-electron chi connectivity index (χ3n) is 4.08. The van der Waals surface area contributed by atoms with Gasteiger partial charge in [0.2, 0.25) is 0 Å². The third-order valence-corrected chi connectivity index (χ3v) is 4.82. The lowest BCUT2D eigenvalue weighted by molar-refractivity contribution is 0.101. The normalized spacial score (nSPS) is 11.1. The number of ketones is 1. The minimum absolute atomic E-state index is 0.0798. The summed E-state index contributed by atoms with van der Waals surface area (Å²) >= 11 is 12.1. The molecule has 2 aromatic carbocycles. The number of fused-ring (bicyclic) bond motifs is 1. The molecule has 0 N–H and O–H groups in total. The van der Waals surface area contributed by atoms with E-state index in [0.717, 1.165) is 28.5 Å². The Morgan fingerprint density at radius 3 is 2.57 bits per heavy atom. The maximum atomic E-state index is 12.0. The molecule has 0 aliphatic heterocycles. The van der Waals surface area contributed by atoms with E-state index < -0.39 is 0 Å². The van der Waals surface area contributed by atoms with Gasteiger partial charge >= 0.3 is 0 Å². The van der Waals surface area contributed by atoms with Crippen molar-refractivity contribution in [1.82, 2.24) is 4.57 Å². The lowest BCUT2D eigenvalue weighted by Crippen LogP contribution is -2.00. The fourth-order valence-corrected chi connectivity index (χ4v) is 3.28. The number of aromatic nitrogens is 1. The molecule has 3 rings (SSSR count). The summed E-state index contributed by atoms with van der Waals surface area (Å²) in [7, 11) is 0. The van der Waals surface area contributed by atoms with Crippen molar-refractivity contribution in [1.29, 1.82) is 0 Å². The number of para-hydroxylation sites is 1. The molecule has 0 aliphatic carbocycles. The highest BCUT2D eigenvalue weighted by atomic mass is 35.5. The summed E-state index contributed by atoms with van der Waals surface area (Å²) in [6.07, 6.45) is 2.86. The van der Waals surface area contributed by atoms with Gasteiger partial charge in [-0.2, -0.15) is 0 Å². The van der Waals surface area contributed by atoms with Crippen molar-refractivity contribution in [3.63, 3.8) is 0 Å². The van der Waals surface area contributed by atoms with E-state index in [0.29, 0.717) is 16.6 Å². The fourth-order valence-electron chi connectivity index (χ4n) is 2.96. The second kappa shape index (κ2) is 6.38. The smallest absolute Gasteiger partial charge is 0.161 e. The third kappa shape index (κ3) is 3.01. The van der Waals surface area contributed by atoms with Crippen LogP contribution in [0.25, 0.3) is 10.9 Å². The van der Waals surface area contributed by atoms with Crippen molar-refractivity contribution < 1.29 is 4.79 Å². The molecule has 0 saturated carbocycles. The molecule has 0 fully saturated rings. The van der Waals surface area contributed by atoms with Crippen molar-refractivity contribution >= 4 is 39.9 Å². The first-order valence-corrected chi connectivity index (χ1v) is 8.32. The average Bonchev–Trinajstić information content (AvgIpc) is 2.90. The van der Waals surface area contributed by atoms with E-state index in [9.17, 15) is 4.79 Å². The minimum Gasteiger partial charge on any atom is -0.342 e. The number of benzene rings is 2. The Balaban J connectivity index is 2.16. The molecule has 3 aromatic rings. The molecule has 0 aliphatic rings. The van der Waals surface area contributed by atoms with Crippen LogP contribution in [-0.2, 0) is 13.0 Å². The van der Waals surface area contributed by atoms with Gasteiger partial charge in [-0.1, -0.05) is 54.4 Å². The fraction of sp³-hybridized carbons (Fsp3) is 0.211. The number of halogens is 2. The van der Waals surface area contributed by atoms with E-state index in [-0.39, 0.29) is 5.78 Å². The van der Waals surface area contributed by atoms with Gasteiger partial charge in [0, 0.05) is 23.7 Å². The number of nitrogens with zero attached hydrogens (tertiary/aromatic N) is 1. The quantitative estimate of drug-likeness (QED) is 0.551. The summed E-state index contributed by atoms with van der Waals surface area (Å²) in [6.45, 7) is 4.38. The molecule has 0 spiro atoms. The van der Waals surface area contributed by atoms with Crippen LogP contribution in [0, 0.1) is 0 Å². The molecule has 118 valence electrons. The topological polar surface area (TPSA) is 22.0 Å². The van der Waals surface area contributed by atoms with Crippen LogP contribution in [0.4, 0.5) is 0 Å². The van der Waals surface area contributed by atoms with Crippen molar-refractivity contribution in [2.45, 2.75) is 26.8 Å². The van der Waals surface area contributed by atoms with Gasteiger partial charge < -0.3 is 4.57 Å². The van der Waals surface area contributed by atoms with Gasteiger partial charge in [0.15, 0.2) is 5.78 Å². The van der Waals surface area contributed by atoms with Crippen LogP contribution in [0.2, 0.25) is 10.0 Å². The Bertz CT molecular complexity index is 896. The SMILES string of the molecule is CCc1cccc2c(C(C)=O)cn(Cc3ccc(Cl)c(Cl)c3)c12. The minimum atomic E-state index is 0.0798. The van der Waals surface area contributed by atoms with E-state index in [2.05, 4.69) is 17.6 Å². The van der Waals surface area contributed by atoms with Crippen LogP contribution in [0.3, 0.4) is 0 Å². The summed E-state index contributed by atoms with van der Waals surface area (Å²) in [5.41, 5.74) is 4.16. The van der Waals surface area contributed by atoms with Crippen LogP contribution in [0.1, 0.15) is 35.3 Å². The predicted molar refractivity (Wildman–Crippen MR) is 96.9 cm³/mol. The average molecular weight is 346 g/mol. The molecule has 1 aromatic heterocycles. The van der Waals surface area contributed by atoms with Crippen LogP contribution in [0.5, 0.6) is 0 Å².